The number of piperidine rings is 1. The molecule has 1 amide bonds. The van der Waals surface area contributed by atoms with Crippen molar-refractivity contribution in [2.75, 3.05) is 23.3 Å². The second-order valence-corrected chi connectivity index (χ2v) is 7.46. The van der Waals surface area contributed by atoms with Gasteiger partial charge in [0.15, 0.2) is 11.6 Å². The number of hydrogen-bond donors (Lipinski definition) is 1. The lowest BCUT2D eigenvalue weighted by Crippen LogP contribution is -2.41. The number of carbonyl (C=O) groups is 1. The van der Waals surface area contributed by atoms with Crippen molar-refractivity contribution in [2.24, 2.45) is 5.92 Å². The Kier molecular flexibility index (Phi) is 5.45. The van der Waals surface area contributed by atoms with Gasteiger partial charge >= 0.3 is 0 Å². The van der Waals surface area contributed by atoms with Crippen molar-refractivity contribution in [3.63, 3.8) is 0 Å². The van der Waals surface area contributed by atoms with Gasteiger partial charge in [0.05, 0.1) is 16.6 Å². The summed E-state index contributed by atoms with van der Waals surface area (Å²) in [5.41, 5.74) is 0.528. The molecule has 9 heteroatoms. The summed E-state index contributed by atoms with van der Waals surface area (Å²) in [6.45, 7) is 1.41. The molecule has 1 fully saturated rings. The van der Waals surface area contributed by atoms with E-state index in [9.17, 15) is 4.79 Å². The summed E-state index contributed by atoms with van der Waals surface area (Å²) in [5.74, 6) is 1.21. The summed E-state index contributed by atoms with van der Waals surface area (Å²) in [5, 5.41) is 12.5. The maximum absolute atomic E-state index is 12.7. The average Bonchev–Trinajstić information content (AvgIpc) is 3.26. The van der Waals surface area contributed by atoms with Crippen LogP contribution in [0, 0.1) is 5.92 Å². The molecule has 3 aromatic rings. The van der Waals surface area contributed by atoms with Gasteiger partial charge in [-0.05, 0) is 43.2 Å². The first-order chi connectivity index (χ1) is 13.6. The molecule has 2 aromatic heterocycles. The lowest BCUT2D eigenvalue weighted by Gasteiger charge is -2.32. The number of aromatic nitrogens is 4. The van der Waals surface area contributed by atoms with Crippen LogP contribution in [0.2, 0.25) is 10.0 Å². The van der Waals surface area contributed by atoms with E-state index in [1.54, 1.807) is 35.3 Å². The van der Waals surface area contributed by atoms with Crippen LogP contribution in [0.15, 0.2) is 49.1 Å². The van der Waals surface area contributed by atoms with E-state index in [1.165, 1.54) is 0 Å². The number of rotatable bonds is 4. The predicted molar refractivity (Wildman–Crippen MR) is 109 cm³/mol. The van der Waals surface area contributed by atoms with Gasteiger partial charge in [-0.25, -0.2) is 4.98 Å². The van der Waals surface area contributed by atoms with E-state index < -0.39 is 0 Å². The van der Waals surface area contributed by atoms with Gasteiger partial charge < -0.3 is 10.2 Å². The number of nitrogens with one attached hydrogen (secondary N) is 1. The lowest BCUT2D eigenvalue weighted by atomic mass is 9.97. The van der Waals surface area contributed by atoms with Gasteiger partial charge in [0.1, 0.15) is 6.33 Å². The predicted octanol–water partition coefficient (Wildman–Crippen LogP) is 3.82. The Labute approximate surface area is 172 Å². The molecule has 1 N–H and O–H groups in total. The van der Waals surface area contributed by atoms with E-state index in [0.717, 1.165) is 25.2 Å². The van der Waals surface area contributed by atoms with Crippen LogP contribution in [-0.4, -0.2) is 38.7 Å². The molecule has 1 aromatic carbocycles. The van der Waals surface area contributed by atoms with E-state index in [0.29, 0.717) is 28.1 Å². The number of hydrogen-bond acceptors (Lipinski definition) is 5. The number of anilines is 2. The minimum absolute atomic E-state index is 0.0724. The molecular formula is C19H18Cl2N6O. The van der Waals surface area contributed by atoms with E-state index >= 15 is 0 Å². The molecule has 0 bridgehead atoms. The Hall–Kier alpha value is -2.64. The highest BCUT2D eigenvalue weighted by Crippen LogP contribution is 2.28. The van der Waals surface area contributed by atoms with Crippen molar-refractivity contribution in [2.45, 2.75) is 12.8 Å². The highest BCUT2D eigenvalue weighted by atomic mass is 35.5. The Morgan fingerprint density at radius 1 is 1.14 bits per heavy atom. The summed E-state index contributed by atoms with van der Waals surface area (Å²) in [7, 11) is 0. The normalized spacial score (nSPS) is 16.8. The minimum atomic E-state index is -0.168. The molecule has 1 atom stereocenters. The summed E-state index contributed by atoms with van der Waals surface area (Å²) in [6.07, 6.45) is 6.88. The molecule has 28 heavy (non-hydrogen) atoms. The van der Waals surface area contributed by atoms with E-state index in [-0.39, 0.29) is 11.8 Å². The molecule has 1 aliphatic rings. The fraction of sp³-hybridized carbons (Fsp3) is 0.263. The summed E-state index contributed by atoms with van der Waals surface area (Å²) < 4.78 is 1.79. The fourth-order valence-corrected chi connectivity index (χ4v) is 3.58. The maximum Gasteiger partial charge on any atom is 0.229 e. The number of nitrogens with zero attached hydrogens (tertiary/aromatic N) is 5. The van der Waals surface area contributed by atoms with Crippen LogP contribution in [0.3, 0.4) is 0 Å². The number of carbonyl (C=O) groups excluding carboxylic acids is 1. The molecular weight excluding hydrogens is 399 g/mol. The highest BCUT2D eigenvalue weighted by molar-refractivity contribution is 6.35. The molecule has 4 rings (SSSR count). The van der Waals surface area contributed by atoms with Gasteiger partial charge in [0.25, 0.3) is 0 Å². The van der Waals surface area contributed by atoms with Crippen LogP contribution in [0.4, 0.5) is 11.5 Å². The van der Waals surface area contributed by atoms with E-state index in [1.807, 2.05) is 18.3 Å². The average molecular weight is 417 g/mol. The molecule has 7 nitrogen and oxygen atoms in total. The van der Waals surface area contributed by atoms with Gasteiger partial charge in [-0.3, -0.25) is 9.36 Å². The maximum atomic E-state index is 12.7. The zero-order valence-corrected chi connectivity index (χ0v) is 16.4. The standard InChI is InChI=1S/C19H18Cl2N6O/c20-14-3-4-15(21)16(10-14)23-19(28)13-2-1-8-26(11-13)17-5-6-18(25-24-17)27-9-7-22-12-27/h3-7,9-10,12-13H,1-2,8,11H2,(H,23,28). The van der Waals surface area contributed by atoms with Gasteiger partial charge in [0, 0.05) is 30.5 Å². The van der Waals surface area contributed by atoms with Crippen LogP contribution in [0.25, 0.3) is 5.82 Å². The minimum Gasteiger partial charge on any atom is -0.354 e. The first-order valence-electron chi connectivity index (χ1n) is 8.93. The monoisotopic (exact) mass is 416 g/mol. The highest BCUT2D eigenvalue weighted by Gasteiger charge is 2.27. The summed E-state index contributed by atoms with van der Waals surface area (Å²) in [6, 6.07) is 8.82. The van der Waals surface area contributed by atoms with Crippen LogP contribution in [0.1, 0.15) is 12.8 Å². The molecule has 1 unspecified atom stereocenters. The Balaban J connectivity index is 1.44. The van der Waals surface area contributed by atoms with Gasteiger partial charge in [0.2, 0.25) is 5.91 Å². The van der Waals surface area contributed by atoms with Crippen molar-refractivity contribution >= 4 is 40.6 Å². The van der Waals surface area contributed by atoms with Crippen molar-refractivity contribution in [3.05, 3.63) is 59.1 Å². The largest absolute Gasteiger partial charge is 0.354 e. The number of benzene rings is 1. The Morgan fingerprint density at radius 2 is 1.96 bits per heavy atom. The first kappa shape index (κ1) is 18.7. The quantitative estimate of drug-likeness (QED) is 0.699. The Bertz CT molecular complexity index is 961. The zero-order chi connectivity index (χ0) is 19.5. The fourth-order valence-electron chi connectivity index (χ4n) is 3.25. The molecule has 3 heterocycles. The summed E-state index contributed by atoms with van der Waals surface area (Å²) in [4.78, 5) is 18.8. The van der Waals surface area contributed by atoms with E-state index in [4.69, 9.17) is 23.2 Å². The Morgan fingerprint density at radius 3 is 2.71 bits per heavy atom. The lowest BCUT2D eigenvalue weighted by molar-refractivity contribution is -0.120. The number of imidazole rings is 1. The van der Waals surface area contributed by atoms with Crippen molar-refractivity contribution in [1.82, 2.24) is 19.7 Å². The van der Waals surface area contributed by atoms with Gasteiger partial charge in [-0.1, -0.05) is 23.2 Å². The van der Waals surface area contributed by atoms with Crippen LogP contribution in [-0.2, 0) is 4.79 Å². The molecule has 0 radical (unpaired) electrons. The van der Waals surface area contributed by atoms with Crippen LogP contribution in [0.5, 0.6) is 0 Å². The smallest absolute Gasteiger partial charge is 0.229 e. The molecule has 1 aliphatic heterocycles. The number of amides is 1. The van der Waals surface area contributed by atoms with Crippen molar-refractivity contribution in [1.29, 1.82) is 0 Å². The van der Waals surface area contributed by atoms with Crippen molar-refractivity contribution in [3.8, 4) is 5.82 Å². The third-order valence-electron chi connectivity index (χ3n) is 4.71. The van der Waals surface area contributed by atoms with Gasteiger partial charge in [-0.15, -0.1) is 10.2 Å². The van der Waals surface area contributed by atoms with Crippen molar-refractivity contribution < 1.29 is 4.79 Å². The molecule has 1 saturated heterocycles. The van der Waals surface area contributed by atoms with E-state index in [2.05, 4.69) is 25.4 Å². The number of halogens is 2. The van der Waals surface area contributed by atoms with Gasteiger partial charge in [-0.2, -0.15) is 0 Å². The molecule has 0 saturated carbocycles. The third-order valence-corrected chi connectivity index (χ3v) is 5.27. The third kappa shape index (κ3) is 4.10. The molecule has 0 spiro atoms. The van der Waals surface area contributed by atoms with Crippen LogP contribution >= 0.6 is 23.2 Å². The second-order valence-electron chi connectivity index (χ2n) is 6.62. The topological polar surface area (TPSA) is 75.9 Å². The summed E-state index contributed by atoms with van der Waals surface area (Å²) >= 11 is 12.2. The molecule has 0 aliphatic carbocycles. The molecule has 144 valence electrons. The SMILES string of the molecule is O=C(Nc1cc(Cl)ccc1Cl)C1CCCN(c2ccc(-n3ccnc3)nn2)C1. The second kappa shape index (κ2) is 8.16. The van der Waals surface area contributed by atoms with Crippen LogP contribution < -0.4 is 10.2 Å². The zero-order valence-electron chi connectivity index (χ0n) is 14.9. The first-order valence-corrected chi connectivity index (χ1v) is 9.68.